The Balaban J connectivity index is 2.39. The largest absolute Gasteiger partial charge is 0.382 e. The number of nitrogen functional groups attached to an aromatic ring is 1. The lowest BCUT2D eigenvalue weighted by Crippen LogP contribution is -2.18. The lowest BCUT2D eigenvalue weighted by molar-refractivity contribution is 0.705. The van der Waals surface area contributed by atoms with Gasteiger partial charge in [0.25, 0.3) is 0 Å². The minimum atomic E-state index is 0.652. The number of unbranched alkanes of at least 4 members (excludes halogenated alkanes) is 2. The summed E-state index contributed by atoms with van der Waals surface area (Å²) in [5, 5.41) is 6.61. The molecular weight excluding hydrogens is 164 g/mol. The third-order valence-corrected chi connectivity index (χ3v) is 2.16. The number of H-pyrrole nitrogens is 1. The van der Waals surface area contributed by atoms with E-state index in [2.05, 4.69) is 22.0 Å². The fourth-order valence-electron chi connectivity index (χ4n) is 1.31. The molecule has 0 atom stereocenters. The van der Waals surface area contributed by atoms with Crippen LogP contribution in [-0.2, 0) is 0 Å². The van der Waals surface area contributed by atoms with Gasteiger partial charge in [0, 0.05) is 13.6 Å². The van der Waals surface area contributed by atoms with Crippen LogP contribution in [0.15, 0.2) is 6.20 Å². The molecule has 0 bridgehead atoms. The van der Waals surface area contributed by atoms with Crippen molar-refractivity contribution in [1.29, 1.82) is 0 Å². The van der Waals surface area contributed by atoms with Crippen molar-refractivity contribution < 1.29 is 0 Å². The molecule has 13 heavy (non-hydrogen) atoms. The standard InChI is InChI=1S/C9H18N4/c1-3-4-5-6-13(2)8-7-11-12-9(8)10/h7H,3-6H2,1-2H3,(H3,10,11,12). The average molecular weight is 182 g/mol. The van der Waals surface area contributed by atoms with Gasteiger partial charge < -0.3 is 10.6 Å². The zero-order chi connectivity index (χ0) is 9.68. The van der Waals surface area contributed by atoms with Crippen molar-refractivity contribution in [3.8, 4) is 0 Å². The molecule has 0 aliphatic heterocycles. The molecule has 1 aromatic heterocycles. The van der Waals surface area contributed by atoms with Crippen LogP contribution in [0, 0.1) is 0 Å². The molecule has 3 N–H and O–H groups in total. The first-order valence-corrected chi connectivity index (χ1v) is 4.75. The molecule has 0 amide bonds. The third kappa shape index (κ3) is 2.65. The molecule has 0 saturated heterocycles. The van der Waals surface area contributed by atoms with Crippen LogP contribution in [0.1, 0.15) is 26.2 Å². The molecule has 1 aromatic rings. The Bertz CT molecular complexity index is 244. The summed E-state index contributed by atoms with van der Waals surface area (Å²) >= 11 is 0. The van der Waals surface area contributed by atoms with E-state index >= 15 is 0 Å². The summed E-state index contributed by atoms with van der Waals surface area (Å²) in [7, 11) is 2.04. The van der Waals surface area contributed by atoms with Gasteiger partial charge in [-0.25, -0.2) is 0 Å². The molecule has 0 fully saturated rings. The van der Waals surface area contributed by atoms with Gasteiger partial charge >= 0.3 is 0 Å². The zero-order valence-electron chi connectivity index (χ0n) is 8.38. The maximum absolute atomic E-state index is 5.69. The topological polar surface area (TPSA) is 57.9 Å². The van der Waals surface area contributed by atoms with Gasteiger partial charge in [-0.05, 0) is 6.42 Å². The molecule has 0 spiro atoms. The summed E-state index contributed by atoms with van der Waals surface area (Å²) in [4.78, 5) is 2.13. The Hall–Kier alpha value is -1.19. The summed E-state index contributed by atoms with van der Waals surface area (Å²) in [5.41, 5.74) is 6.68. The second kappa shape index (κ2) is 4.74. The number of hydrogen-bond acceptors (Lipinski definition) is 3. The van der Waals surface area contributed by atoms with Gasteiger partial charge in [-0.1, -0.05) is 19.8 Å². The van der Waals surface area contributed by atoms with E-state index in [0.717, 1.165) is 12.2 Å². The molecule has 0 aliphatic carbocycles. The van der Waals surface area contributed by atoms with Crippen molar-refractivity contribution in [1.82, 2.24) is 10.2 Å². The number of hydrogen-bond donors (Lipinski definition) is 2. The molecule has 1 rings (SSSR count). The van der Waals surface area contributed by atoms with Crippen molar-refractivity contribution >= 4 is 11.5 Å². The summed E-state index contributed by atoms with van der Waals surface area (Å²) < 4.78 is 0. The maximum Gasteiger partial charge on any atom is 0.142 e. The SMILES string of the molecule is CCCCCN(C)c1cn[nH]c1N. The lowest BCUT2D eigenvalue weighted by Gasteiger charge is -2.17. The fraction of sp³-hybridized carbons (Fsp3) is 0.667. The molecule has 74 valence electrons. The molecule has 0 saturated carbocycles. The van der Waals surface area contributed by atoms with E-state index in [4.69, 9.17) is 5.73 Å². The monoisotopic (exact) mass is 182 g/mol. The smallest absolute Gasteiger partial charge is 0.142 e. The lowest BCUT2D eigenvalue weighted by atomic mass is 10.2. The van der Waals surface area contributed by atoms with Crippen molar-refractivity contribution in [2.24, 2.45) is 0 Å². The number of anilines is 2. The third-order valence-electron chi connectivity index (χ3n) is 2.16. The van der Waals surface area contributed by atoms with E-state index in [1.54, 1.807) is 6.20 Å². The quantitative estimate of drug-likeness (QED) is 0.680. The van der Waals surface area contributed by atoms with Gasteiger partial charge in [0.05, 0.1) is 11.9 Å². The van der Waals surface area contributed by atoms with Crippen LogP contribution in [-0.4, -0.2) is 23.8 Å². The van der Waals surface area contributed by atoms with Gasteiger partial charge in [0.2, 0.25) is 0 Å². The number of nitrogens with zero attached hydrogens (tertiary/aromatic N) is 2. The Kier molecular flexibility index (Phi) is 3.61. The molecule has 4 heteroatoms. The number of rotatable bonds is 5. The Morgan fingerprint density at radius 1 is 1.54 bits per heavy atom. The molecule has 0 aromatic carbocycles. The highest BCUT2D eigenvalue weighted by atomic mass is 15.2. The number of nitrogens with two attached hydrogens (primary N) is 1. The summed E-state index contributed by atoms with van der Waals surface area (Å²) in [5.74, 6) is 0.652. The molecule has 0 unspecified atom stereocenters. The Morgan fingerprint density at radius 3 is 2.85 bits per heavy atom. The van der Waals surface area contributed by atoms with Gasteiger partial charge in [-0.3, -0.25) is 5.10 Å². The van der Waals surface area contributed by atoms with Crippen LogP contribution in [0.25, 0.3) is 0 Å². The highest BCUT2D eigenvalue weighted by Crippen LogP contribution is 2.18. The fourth-order valence-corrected chi connectivity index (χ4v) is 1.31. The van der Waals surface area contributed by atoms with Gasteiger partial charge in [-0.15, -0.1) is 0 Å². The highest BCUT2D eigenvalue weighted by molar-refractivity contribution is 5.61. The van der Waals surface area contributed by atoms with Crippen LogP contribution in [0.2, 0.25) is 0 Å². The molecule has 4 nitrogen and oxygen atoms in total. The highest BCUT2D eigenvalue weighted by Gasteiger charge is 2.05. The van der Waals surface area contributed by atoms with Gasteiger partial charge in [-0.2, -0.15) is 5.10 Å². The van der Waals surface area contributed by atoms with E-state index in [9.17, 15) is 0 Å². The van der Waals surface area contributed by atoms with Crippen molar-refractivity contribution in [3.05, 3.63) is 6.20 Å². The van der Waals surface area contributed by atoms with Crippen LogP contribution in [0.5, 0.6) is 0 Å². The first-order chi connectivity index (χ1) is 6.25. The summed E-state index contributed by atoms with van der Waals surface area (Å²) in [6.45, 7) is 3.24. The van der Waals surface area contributed by atoms with Crippen LogP contribution < -0.4 is 10.6 Å². The molecule has 0 radical (unpaired) electrons. The maximum atomic E-state index is 5.69. The second-order valence-electron chi connectivity index (χ2n) is 3.30. The average Bonchev–Trinajstić information content (AvgIpc) is 2.52. The van der Waals surface area contributed by atoms with Crippen LogP contribution in [0.4, 0.5) is 11.5 Å². The number of aromatic nitrogens is 2. The van der Waals surface area contributed by atoms with E-state index in [-0.39, 0.29) is 0 Å². The minimum Gasteiger partial charge on any atom is -0.382 e. The first-order valence-electron chi connectivity index (χ1n) is 4.75. The minimum absolute atomic E-state index is 0.652. The van der Waals surface area contributed by atoms with Crippen LogP contribution >= 0.6 is 0 Å². The van der Waals surface area contributed by atoms with Crippen molar-refractivity contribution in [2.45, 2.75) is 26.2 Å². The molecular formula is C9H18N4. The number of nitrogens with one attached hydrogen (secondary N) is 1. The predicted molar refractivity (Wildman–Crippen MR) is 55.8 cm³/mol. The summed E-state index contributed by atoms with van der Waals surface area (Å²) in [6.07, 6.45) is 5.48. The van der Waals surface area contributed by atoms with Gasteiger partial charge in [0.15, 0.2) is 0 Å². The Morgan fingerprint density at radius 2 is 2.31 bits per heavy atom. The molecule has 0 aliphatic rings. The van der Waals surface area contributed by atoms with E-state index in [1.165, 1.54) is 19.3 Å². The summed E-state index contributed by atoms with van der Waals surface area (Å²) in [6, 6.07) is 0. The first kappa shape index (κ1) is 9.89. The normalized spacial score (nSPS) is 10.3. The van der Waals surface area contributed by atoms with E-state index in [0.29, 0.717) is 5.82 Å². The van der Waals surface area contributed by atoms with Gasteiger partial charge in [0.1, 0.15) is 5.82 Å². The van der Waals surface area contributed by atoms with E-state index in [1.807, 2.05) is 7.05 Å². The van der Waals surface area contributed by atoms with Crippen molar-refractivity contribution in [2.75, 3.05) is 24.2 Å². The Labute approximate surface area is 79.1 Å². The number of aromatic amines is 1. The van der Waals surface area contributed by atoms with Crippen molar-refractivity contribution in [3.63, 3.8) is 0 Å². The van der Waals surface area contributed by atoms with Crippen LogP contribution in [0.3, 0.4) is 0 Å². The van der Waals surface area contributed by atoms with E-state index < -0.39 is 0 Å². The second-order valence-corrected chi connectivity index (χ2v) is 3.30. The zero-order valence-corrected chi connectivity index (χ0v) is 8.38. The molecule has 1 heterocycles. The predicted octanol–water partition coefficient (Wildman–Crippen LogP) is 1.62.